The van der Waals surface area contributed by atoms with Crippen LogP contribution in [0, 0.1) is 10.1 Å². The van der Waals surface area contributed by atoms with Crippen LogP contribution in [-0.2, 0) is 4.74 Å². The van der Waals surface area contributed by atoms with Gasteiger partial charge in [0.1, 0.15) is 12.3 Å². The lowest BCUT2D eigenvalue weighted by Crippen LogP contribution is -2.24. The first-order chi connectivity index (χ1) is 9.60. The molecule has 106 valence electrons. The molecule has 2 N–H and O–H groups in total. The molecule has 3 rings (SSSR count). The smallest absolute Gasteiger partial charge is 0.270 e. The van der Waals surface area contributed by atoms with E-state index in [9.17, 15) is 15.2 Å². The SMILES string of the molecule is O=[N+]([O-])c1ccc2c(ccn2[C@H]2CC(O)[C@@H](CO)O2)c1. The van der Waals surface area contributed by atoms with Crippen molar-refractivity contribution in [2.24, 2.45) is 0 Å². The van der Waals surface area contributed by atoms with Gasteiger partial charge < -0.3 is 19.5 Å². The van der Waals surface area contributed by atoms with Gasteiger partial charge in [0.25, 0.3) is 5.69 Å². The molecule has 3 atom stereocenters. The third-order valence-electron chi connectivity index (χ3n) is 3.61. The summed E-state index contributed by atoms with van der Waals surface area (Å²) < 4.78 is 7.40. The van der Waals surface area contributed by atoms with Crippen LogP contribution in [-0.4, -0.2) is 38.5 Å². The van der Waals surface area contributed by atoms with Crippen molar-refractivity contribution in [3.05, 3.63) is 40.6 Å². The highest BCUT2D eigenvalue weighted by atomic mass is 16.6. The first-order valence-corrected chi connectivity index (χ1v) is 6.29. The number of aromatic nitrogens is 1. The summed E-state index contributed by atoms with van der Waals surface area (Å²) in [6.07, 6.45) is 0.481. The molecule has 0 amide bonds. The second-order valence-electron chi connectivity index (χ2n) is 4.84. The van der Waals surface area contributed by atoms with Gasteiger partial charge in [-0.1, -0.05) is 0 Å². The zero-order valence-corrected chi connectivity index (χ0v) is 10.5. The first-order valence-electron chi connectivity index (χ1n) is 6.29. The maximum absolute atomic E-state index is 10.7. The average Bonchev–Trinajstić information content (AvgIpc) is 3.00. The number of aliphatic hydroxyl groups is 2. The van der Waals surface area contributed by atoms with Gasteiger partial charge in [0.15, 0.2) is 0 Å². The number of fused-ring (bicyclic) bond motifs is 1. The van der Waals surface area contributed by atoms with E-state index in [0.717, 1.165) is 10.9 Å². The normalized spacial score (nSPS) is 26.2. The van der Waals surface area contributed by atoms with E-state index in [1.807, 2.05) is 4.57 Å². The molecule has 1 aliphatic rings. The minimum absolute atomic E-state index is 0.0378. The number of hydrogen-bond donors (Lipinski definition) is 2. The lowest BCUT2D eigenvalue weighted by atomic mass is 10.2. The van der Waals surface area contributed by atoms with Crippen molar-refractivity contribution < 1.29 is 19.9 Å². The van der Waals surface area contributed by atoms with E-state index in [-0.39, 0.29) is 18.5 Å². The van der Waals surface area contributed by atoms with Crippen molar-refractivity contribution in [2.45, 2.75) is 24.9 Å². The fourth-order valence-electron chi connectivity index (χ4n) is 2.57. The van der Waals surface area contributed by atoms with E-state index in [2.05, 4.69) is 0 Å². The van der Waals surface area contributed by atoms with Gasteiger partial charge in [0.2, 0.25) is 0 Å². The monoisotopic (exact) mass is 278 g/mol. The molecular weight excluding hydrogens is 264 g/mol. The molecule has 7 nitrogen and oxygen atoms in total. The predicted octanol–water partition coefficient (Wildman–Crippen LogP) is 1.19. The molecule has 1 aromatic heterocycles. The van der Waals surface area contributed by atoms with Crippen LogP contribution in [0.4, 0.5) is 5.69 Å². The summed E-state index contributed by atoms with van der Waals surface area (Å²) in [7, 11) is 0. The van der Waals surface area contributed by atoms with Gasteiger partial charge in [0.05, 0.1) is 23.2 Å². The molecule has 2 aromatic rings. The molecular formula is C13H14N2O5. The number of non-ortho nitro benzene ring substituents is 1. The van der Waals surface area contributed by atoms with Gasteiger partial charge in [-0.25, -0.2) is 0 Å². The zero-order valence-electron chi connectivity index (χ0n) is 10.5. The molecule has 7 heteroatoms. The molecule has 20 heavy (non-hydrogen) atoms. The third-order valence-corrected chi connectivity index (χ3v) is 3.61. The highest BCUT2D eigenvalue weighted by Crippen LogP contribution is 2.32. The summed E-state index contributed by atoms with van der Waals surface area (Å²) in [5, 5.41) is 30.3. The molecule has 0 saturated carbocycles. The Labute approximate surface area is 114 Å². The summed E-state index contributed by atoms with van der Waals surface area (Å²) in [4.78, 5) is 10.3. The molecule has 0 spiro atoms. The second kappa shape index (κ2) is 4.86. The molecule has 0 bridgehead atoms. The summed E-state index contributed by atoms with van der Waals surface area (Å²) in [5.74, 6) is 0. The van der Waals surface area contributed by atoms with Crippen LogP contribution >= 0.6 is 0 Å². The average molecular weight is 278 g/mol. The van der Waals surface area contributed by atoms with Crippen LogP contribution in [0.25, 0.3) is 10.9 Å². The van der Waals surface area contributed by atoms with Crippen molar-refractivity contribution >= 4 is 16.6 Å². The summed E-state index contributed by atoms with van der Waals surface area (Å²) in [5.41, 5.74) is 0.835. The van der Waals surface area contributed by atoms with Gasteiger partial charge in [-0.15, -0.1) is 0 Å². The molecule has 1 fully saturated rings. The first kappa shape index (κ1) is 13.0. The topological polar surface area (TPSA) is 97.8 Å². The van der Waals surface area contributed by atoms with E-state index >= 15 is 0 Å². The van der Waals surface area contributed by atoms with Gasteiger partial charge in [-0.3, -0.25) is 10.1 Å². The Morgan fingerprint density at radius 3 is 2.90 bits per heavy atom. The molecule has 1 unspecified atom stereocenters. The van der Waals surface area contributed by atoms with Crippen LogP contribution in [0.15, 0.2) is 30.5 Å². The van der Waals surface area contributed by atoms with E-state index < -0.39 is 17.1 Å². The minimum atomic E-state index is -0.708. The largest absolute Gasteiger partial charge is 0.394 e. The third kappa shape index (κ3) is 2.05. The summed E-state index contributed by atoms with van der Waals surface area (Å²) >= 11 is 0. The Bertz CT molecular complexity index is 653. The van der Waals surface area contributed by atoms with Crippen molar-refractivity contribution in [3.8, 4) is 0 Å². The van der Waals surface area contributed by atoms with Crippen LogP contribution in [0.5, 0.6) is 0 Å². The summed E-state index contributed by atoms with van der Waals surface area (Å²) in [6.45, 7) is -0.234. The maximum atomic E-state index is 10.7. The highest BCUT2D eigenvalue weighted by Gasteiger charge is 2.34. The van der Waals surface area contributed by atoms with E-state index in [0.29, 0.717) is 6.42 Å². The standard InChI is InChI=1S/C13H14N2O5/c16-7-12-11(17)6-13(20-12)14-4-3-8-5-9(15(18)19)1-2-10(8)14/h1-5,11-13,16-17H,6-7H2/t11?,12-,13-/m1/s1. The molecule has 0 radical (unpaired) electrons. The van der Waals surface area contributed by atoms with Gasteiger partial charge in [-0.05, 0) is 12.1 Å². The van der Waals surface area contributed by atoms with E-state index in [4.69, 9.17) is 9.84 Å². The molecule has 1 aliphatic heterocycles. The highest BCUT2D eigenvalue weighted by molar-refractivity contribution is 5.82. The quantitative estimate of drug-likeness (QED) is 0.649. The van der Waals surface area contributed by atoms with Crippen LogP contribution in [0.2, 0.25) is 0 Å². The number of nitrogens with zero attached hydrogens (tertiary/aromatic N) is 2. The van der Waals surface area contributed by atoms with Gasteiger partial charge in [0, 0.05) is 30.1 Å². The Hall–Kier alpha value is -1.96. The van der Waals surface area contributed by atoms with Crippen molar-refractivity contribution in [1.82, 2.24) is 4.57 Å². The Morgan fingerprint density at radius 2 is 2.25 bits per heavy atom. The van der Waals surface area contributed by atoms with Crippen molar-refractivity contribution in [1.29, 1.82) is 0 Å². The van der Waals surface area contributed by atoms with Crippen molar-refractivity contribution in [2.75, 3.05) is 6.61 Å². The number of ether oxygens (including phenoxy) is 1. The number of benzene rings is 1. The Balaban J connectivity index is 1.95. The van der Waals surface area contributed by atoms with Gasteiger partial charge in [-0.2, -0.15) is 0 Å². The number of hydrogen-bond acceptors (Lipinski definition) is 5. The summed E-state index contributed by atoms with van der Waals surface area (Å²) in [6, 6.07) is 6.37. The van der Waals surface area contributed by atoms with Crippen LogP contribution < -0.4 is 0 Å². The predicted molar refractivity (Wildman–Crippen MR) is 70.2 cm³/mol. The zero-order chi connectivity index (χ0) is 14.3. The number of rotatable bonds is 3. The minimum Gasteiger partial charge on any atom is -0.394 e. The van der Waals surface area contributed by atoms with E-state index in [1.54, 1.807) is 18.3 Å². The van der Waals surface area contributed by atoms with E-state index in [1.165, 1.54) is 12.1 Å². The molecule has 1 saturated heterocycles. The number of aliphatic hydroxyl groups excluding tert-OH is 2. The molecule has 1 aromatic carbocycles. The van der Waals surface area contributed by atoms with Crippen LogP contribution in [0.3, 0.4) is 0 Å². The lowest BCUT2D eigenvalue weighted by molar-refractivity contribution is -0.384. The molecule has 0 aliphatic carbocycles. The lowest BCUT2D eigenvalue weighted by Gasteiger charge is -2.14. The fourth-order valence-corrected chi connectivity index (χ4v) is 2.57. The maximum Gasteiger partial charge on any atom is 0.270 e. The number of nitro groups is 1. The second-order valence-corrected chi connectivity index (χ2v) is 4.84. The van der Waals surface area contributed by atoms with Crippen LogP contribution in [0.1, 0.15) is 12.6 Å². The van der Waals surface area contributed by atoms with Crippen molar-refractivity contribution in [3.63, 3.8) is 0 Å². The Kier molecular flexibility index (Phi) is 3.17. The molecule has 2 heterocycles. The Morgan fingerprint density at radius 1 is 1.45 bits per heavy atom. The van der Waals surface area contributed by atoms with Gasteiger partial charge >= 0.3 is 0 Å². The fraction of sp³-hybridized carbons (Fsp3) is 0.385. The number of nitro benzene ring substituents is 1.